The molecule has 1 aliphatic carbocycles. The molecule has 168 valence electrons. The van der Waals surface area contributed by atoms with Gasteiger partial charge in [-0.2, -0.15) is 4.98 Å². The van der Waals surface area contributed by atoms with Crippen molar-refractivity contribution < 1.29 is 18.8 Å². The van der Waals surface area contributed by atoms with Gasteiger partial charge in [0.25, 0.3) is 5.89 Å². The number of rotatable bonds is 7. The Bertz CT molecular complexity index is 1080. The monoisotopic (exact) mass is 455 g/mol. The summed E-state index contributed by atoms with van der Waals surface area (Å²) in [6.07, 6.45) is 2.61. The Kier molecular flexibility index (Phi) is 6.65. The second-order valence-corrected chi connectivity index (χ2v) is 8.59. The van der Waals surface area contributed by atoms with Crippen molar-refractivity contribution in [3.8, 4) is 28.6 Å². The minimum atomic E-state index is -0.124. The highest BCUT2D eigenvalue weighted by Crippen LogP contribution is 2.32. The summed E-state index contributed by atoms with van der Waals surface area (Å²) in [5.41, 5.74) is 2.56. The number of ether oxygens (including phenoxy) is 2. The summed E-state index contributed by atoms with van der Waals surface area (Å²) < 4.78 is 16.0. The number of esters is 1. The van der Waals surface area contributed by atoms with E-state index in [2.05, 4.69) is 15.5 Å². The Balaban J connectivity index is 1.41. The topological polar surface area (TPSA) is 86.5 Å². The molecule has 3 aromatic rings. The van der Waals surface area contributed by atoms with Crippen LogP contribution in [0.15, 0.2) is 47.0 Å². The maximum atomic E-state index is 11.7. The van der Waals surface area contributed by atoms with Crippen LogP contribution in [0.2, 0.25) is 5.02 Å². The van der Waals surface area contributed by atoms with Gasteiger partial charge in [0, 0.05) is 22.9 Å². The maximum absolute atomic E-state index is 11.7. The first-order chi connectivity index (χ1) is 15.4. The highest BCUT2D eigenvalue weighted by atomic mass is 35.5. The Morgan fingerprint density at radius 1 is 1.16 bits per heavy atom. The quantitative estimate of drug-likeness (QED) is 0.464. The summed E-state index contributed by atoms with van der Waals surface area (Å²) in [5, 5.41) is 8.08. The van der Waals surface area contributed by atoms with Gasteiger partial charge in [-0.25, -0.2) is 0 Å². The van der Waals surface area contributed by atoms with E-state index in [4.69, 9.17) is 25.6 Å². The summed E-state index contributed by atoms with van der Waals surface area (Å²) in [6.45, 7) is 3.89. The highest BCUT2D eigenvalue weighted by molar-refractivity contribution is 6.32. The number of carbonyl (C=O) groups is 1. The molecule has 1 fully saturated rings. The summed E-state index contributed by atoms with van der Waals surface area (Å²) in [4.78, 5) is 16.2. The van der Waals surface area contributed by atoms with Gasteiger partial charge in [-0.05, 0) is 75.6 Å². The van der Waals surface area contributed by atoms with Crippen molar-refractivity contribution in [2.24, 2.45) is 5.92 Å². The molecule has 7 nitrogen and oxygen atoms in total. The van der Waals surface area contributed by atoms with Crippen LogP contribution < -0.4 is 10.1 Å². The predicted octanol–water partition coefficient (Wildman–Crippen LogP) is 5.60. The zero-order chi connectivity index (χ0) is 22.7. The number of hydrogen-bond donors (Lipinski definition) is 1. The fourth-order valence-corrected chi connectivity index (χ4v) is 4.11. The first kappa shape index (κ1) is 22.1. The normalized spacial score (nSPS) is 18.0. The fraction of sp³-hybridized carbons (Fsp3) is 0.375. The zero-order valence-corrected chi connectivity index (χ0v) is 19.1. The SMILES string of the molecule is COC(=O)[C@@H]1CC[C@H](Nc2ccc(-c3noc(-c4ccc(OC(C)C)c(Cl)c4)n3)cc2)C1. The maximum Gasteiger partial charge on any atom is 0.308 e. The Labute approximate surface area is 192 Å². The number of hydrogen-bond acceptors (Lipinski definition) is 7. The number of nitrogens with one attached hydrogen (secondary N) is 1. The molecule has 0 amide bonds. The summed E-state index contributed by atoms with van der Waals surface area (Å²) in [6, 6.07) is 13.5. The lowest BCUT2D eigenvalue weighted by atomic mass is 10.1. The minimum absolute atomic E-state index is 0.0194. The van der Waals surface area contributed by atoms with Crippen molar-refractivity contribution >= 4 is 23.3 Å². The van der Waals surface area contributed by atoms with Gasteiger partial charge in [-0.15, -0.1) is 0 Å². The fourth-order valence-electron chi connectivity index (χ4n) is 3.89. The van der Waals surface area contributed by atoms with Crippen LogP contribution in [0.25, 0.3) is 22.8 Å². The summed E-state index contributed by atoms with van der Waals surface area (Å²) in [5.74, 6) is 1.36. The molecule has 32 heavy (non-hydrogen) atoms. The first-order valence-corrected chi connectivity index (χ1v) is 11.1. The molecule has 1 N–H and O–H groups in total. The molecule has 4 rings (SSSR count). The third-order valence-corrected chi connectivity index (χ3v) is 5.74. The van der Waals surface area contributed by atoms with E-state index < -0.39 is 0 Å². The van der Waals surface area contributed by atoms with E-state index in [1.54, 1.807) is 12.1 Å². The molecule has 1 saturated carbocycles. The molecule has 0 bridgehead atoms. The number of anilines is 1. The third-order valence-electron chi connectivity index (χ3n) is 5.45. The minimum Gasteiger partial charge on any atom is -0.489 e. The van der Waals surface area contributed by atoms with Gasteiger partial charge in [0.05, 0.1) is 24.2 Å². The van der Waals surface area contributed by atoms with E-state index in [1.807, 2.05) is 44.2 Å². The lowest BCUT2D eigenvalue weighted by Crippen LogP contribution is -2.18. The van der Waals surface area contributed by atoms with Gasteiger partial charge in [-0.3, -0.25) is 4.79 Å². The Hall–Kier alpha value is -3.06. The molecule has 1 aromatic heterocycles. The molecule has 1 aliphatic rings. The number of aromatic nitrogens is 2. The van der Waals surface area contributed by atoms with Gasteiger partial charge >= 0.3 is 5.97 Å². The van der Waals surface area contributed by atoms with Gasteiger partial charge < -0.3 is 19.3 Å². The molecule has 8 heteroatoms. The van der Waals surface area contributed by atoms with E-state index >= 15 is 0 Å². The average molecular weight is 456 g/mol. The van der Waals surface area contributed by atoms with Crippen molar-refractivity contribution in [3.63, 3.8) is 0 Å². The molecule has 2 atom stereocenters. The summed E-state index contributed by atoms with van der Waals surface area (Å²) in [7, 11) is 1.44. The smallest absolute Gasteiger partial charge is 0.308 e. The van der Waals surface area contributed by atoms with E-state index in [0.29, 0.717) is 22.5 Å². The van der Waals surface area contributed by atoms with Crippen LogP contribution in [0.5, 0.6) is 5.75 Å². The Morgan fingerprint density at radius 2 is 1.91 bits per heavy atom. The standard InChI is InChI=1S/C24H26ClN3O4/c1-14(2)31-21-11-7-16(13-20(21)25)23-27-22(28-32-23)15-4-8-18(9-5-15)26-19-10-6-17(12-19)24(29)30-3/h4-5,7-9,11,13-14,17,19,26H,6,10,12H2,1-3H3/t17-,19+/m1/s1. The molecule has 0 aliphatic heterocycles. The zero-order valence-electron chi connectivity index (χ0n) is 18.3. The molecular formula is C24H26ClN3O4. The van der Waals surface area contributed by atoms with E-state index in [0.717, 1.165) is 36.1 Å². The Morgan fingerprint density at radius 3 is 2.59 bits per heavy atom. The van der Waals surface area contributed by atoms with Crippen molar-refractivity contribution in [3.05, 3.63) is 47.5 Å². The van der Waals surface area contributed by atoms with Crippen molar-refractivity contribution in [2.45, 2.75) is 45.3 Å². The van der Waals surface area contributed by atoms with Crippen LogP contribution in [0.1, 0.15) is 33.1 Å². The molecule has 2 aromatic carbocycles. The third kappa shape index (κ3) is 5.05. The van der Waals surface area contributed by atoms with Crippen molar-refractivity contribution in [1.29, 1.82) is 0 Å². The number of methoxy groups -OCH3 is 1. The molecule has 0 unspecified atom stereocenters. The average Bonchev–Trinajstić information content (AvgIpc) is 3.45. The van der Waals surface area contributed by atoms with Crippen LogP contribution in [-0.2, 0) is 9.53 Å². The number of benzene rings is 2. The van der Waals surface area contributed by atoms with Crippen molar-refractivity contribution in [1.82, 2.24) is 10.1 Å². The molecule has 0 saturated heterocycles. The molecular weight excluding hydrogens is 430 g/mol. The van der Waals surface area contributed by atoms with E-state index in [1.165, 1.54) is 7.11 Å². The summed E-state index contributed by atoms with van der Waals surface area (Å²) >= 11 is 6.32. The lowest BCUT2D eigenvalue weighted by molar-refractivity contribution is -0.145. The first-order valence-electron chi connectivity index (χ1n) is 10.7. The van der Waals surface area contributed by atoms with E-state index in [-0.39, 0.29) is 24.0 Å². The molecule has 1 heterocycles. The van der Waals surface area contributed by atoms with Crippen molar-refractivity contribution in [2.75, 3.05) is 12.4 Å². The second kappa shape index (κ2) is 9.61. The van der Waals surface area contributed by atoms with Gasteiger partial charge in [0.1, 0.15) is 5.75 Å². The molecule has 0 radical (unpaired) electrons. The molecule has 0 spiro atoms. The van der Waals surface area contributed by atoms with Crippen LogP contribution in [0.3, 0.4) is 0 Å². The number of carbonyl (C=O) groups excluding carboxylic acids is 1. The van der Waals surface area contributed by atoms with Crippen LogP contribution in [0.4, 0.5) is 5.69 Å². The number of nitrogens with zero attached hydrogens (tertiary/aromatic N) is 2. The van der Waals surface area contributed by atoms with E-state index in [9.17, 15) is 4.79 Å². The lowest BCUT2D eigenvalue weighted by Gasteiger charge is -2.14. The van der Waals surface area contributed by atoms with Gasteiger partial charge in [0.15, 0.2) is 0 Å². The largest absolute Gasteiger partial charge is 0.489 e. The van der Waals surface area contributed by atoms with Gasteiger partial charge in [-0.1, -0.05) is 16.8 Å². The predicted molar refractivity (Wildman–Crippen MR) is 123 cm³/mol. The van der Waals surface area contributed by atoms with Crippen LogP contribution in [0, 0.1) is 5.92 Å². The second-order valence-electron chi connectivity index (χ2n) is 8.19. The number of halogens is 1. The van der Waals surface area contributed by atoms with Crippen LogP contribution >= 0.6 is 11.6 Å². The highest BCUT2D eigenvalue weighted by Gasteiger charge is 2.30. The van der Waals surface area contributed by atoms with Gasteiger partial charge in [0.2, 0.25) is 5.82 Å². The van der Waals surface area contributed by atoms with Crippen LogP contribution in [-0.4, -0.2) is 35.4 Å².